The first-order valence-electron chi connectivity index (χ1n) is 7.40. The van der Waals surface area contributed by atoms with E-state index in [4.69, 9.17) is 9.47 Å². The molecule has 0 fully saturated rings. The quantitative estimate of drug-likeness (QED) is 0.747. The molecule has 1 aromatic rings. The second-order valence-corrected chi connectivity index (χ2v) is 6.67. The van der Waals surface area contributed by atoms with Crippen LogP contribution in [0, 0.1) is 0 Å². The molecular weight excluding hydrogens is 282 g/mol. The van der Waals surface area contributed by atoms with Crippen molar-refractivity contribution < 1.29 is 19.1 Å². The fourth-order valence-electron chi connectivity index (χ4n) is 2.63. The van der Waals surface area contributed by atoms with Crippen LogP contribution in [0.3, 0.4) is 0 Å². The highest BCUT2D eigenvalue weighted by atomic mass is 16.6. The number of hydrogen-bond donors (Lipinski definition) is 0. The van der Waals surface area contributed by atoms with Gasteiger partial charge in [-0.05, 0) is 49.9 Å². The van der Waals surface area contributed by atoms with Crippen LogP contribution in [0.1, 0.15) is 55.1 Å². The molecule has 0 bridgehead atoms. The van der Waals surface area contributed by atoms with Gasteiger partial charge in [0.05, 0.1) is 12.7 Å². The van der Waals surface area contributed by atoms with Crippen molar-refractivity contribution in [3.05, 3.63) is 34.9 Å². The molecule has 0 saturated heterocycles. The summed E-state index contributed by atoms with van der Waals surface area (Å²) in [5, 5.41) is 0. The second-order valence-electron chi connectivity index (χ2n) is 6.67. The molecule has 1 atom stereocenters. The van der Waals surface area contributed by atoms with Crippen LogP contribution in [0.25, 0.3) is 0 Å². The monoisotopic (exact) mass is 305 g/mol. The second kappa shape index (κ2) is 5.99. The number of carbonyl (C=O) groups is 2. The van der Waals surface area contributed by atoms with Gasteiger partial charge in [0.25, 0.3) is 0 Å². The van der Waals surface area contributed by atoms with Crippen LogP contribution in [0.15, 0.2) is 18.2 Å². The molecule has 0 radical (unpaired) electrons. The molecule has 2 rings (SSSR count). The first-order chi connectivity index (χ1) is 10.2. The van der Waals surface area contributed by atoms with Gasteiger partial charge in [-0.1, -0.05) is 13.0 Å². The predicted molar refractivity (Wildman–Crippen MR) is 82.8 cm³/mol. The third-order valence-corrected chi connectivity index (χ3v) is 3.60. The number of methoxy groups -OCH3 is 1. The minimum Gasteiger partial charge on any atom is -0.465 e. The van der Waals surface area contributed by atoms with E-state index in [2.05, 4.69) is 6.92 Å². The molecule has 0 aliphatic carbocycles. The average molecular weight is 305 g/mol. The van der Waals surface area contributed by atoms with Crippen LogP contribution >= 0.6 is 0 Å². The van der Waals surface area contributed by atoms with Crippen LogP contribution in [0.4, 0.5) is 4.79 Å². The van der Waals surface area contributed by atoms with E-state index in [-0.39, 0.29) is 18.0 Å². The maximum absolute atomic E-state index is 12.3. The summed E-state index contributed by atoms with van der Waals surface area (Å²) in [4.78, 5) is 25.6. The first kappa shape index (κ1) is 16.3. The summed E-state index contributed by atoms with van der Waals surface area (Å²) in [6.07, 6.45) is -0.325. The number of rotatable bonds is 1. The molecular formula is C17H23NO4. The summed E-state index contributed by atoms with van der Waals surface area (Å²) < 4.78 is 10.2. The van der Waals surface area contributed by atoms with E-state index in [0.29, 0.717) is 18.7 Å². The maximum Gasteiger partial charge on any atom is 0.410 e. The van der Waals surface area contributed by atoms with Crippen molar-refractivity contribution in [2.45, 2.75) is 45.8 Å². The molecule has 5 nitrogen and oxygen atoms in total. The summed E-state index contributed by atoms with van der Waals surface area (Å²) in [5.74, 6) is -0.173. The normalized spacial score (nSPS) is 17.7. The Labute approximate surface area is 131 Å². The van der Waals surface area contributed by atoms with Crippen molar-refractivity contribution in [3.8, 4) is 0 Å². The molecule has 1 unspecified atom stereocenters. The molecule has 1 aliphatic heterocycles. The lowest BCUT2D eigenvalue weighted by atomic mass is 9.90. The van der Waals surface area contributed by atoms with Crippen molar-refractivity contribution in [2.24, 2.45) is 0 Å². The predicted octanol–water partition coefficient (Wildman–Crippen LogP) is 3.33. The minimum absolute atomic E-state index is 0.197. The van der Waals surface area contributed by atoms with Crippen LogP contribution in [-0.4, -0.2) is 36.2 Å². The van der Waals surface area contributed by atoms with Gasteiger partial charge >= 0.3 is 12.1 Å². The Morgan fingerprint density at radius 3 is 2.55 bits per heavy atom. The molecule has 0 spiro atoms. The van der Waals surface area contributed by atoms with Crippen LogP contribution in [0.2, 0.25) is 0 Å². The number of ether oxygens (including phenoxy) is 2. The van der Waals surface area contributed by atoms with Gasteiger partial charge in [-0.15, -0.1) is 0 Å². The third kappa shape index (κ3) is 3.59. The molecule has 0 N–H and O–H groups in total. The van der Waals surface area contributed by atoms with Gasteiger partial charge in [0.1, 0.15) is 5.60 Å². The molecule has 1 aliphatic rings. The molecule has 0 aromatic heterocycles. The Bertz CT molecular complexity index is 589. The number of benzene rings is 1. The molecule has 120 valence electrons. The fraction of sp³-hybridized carbons (Fsp3) is 0.529. The van der Waals surface area contributed by atoms with E-state index in [9.17, 15) is 9.59 Å². The number of esters is 1. The van der Waals surface area contributed by atoms with E-state index in [1.54, 1.807) is 17.0 Å². The number of fused-ring (bicyclic) bond motifs is 1. The van der Waals surface area contributed by atoms with Crippen molar-refractivity contribution in [2.75, 3.05) is 13.7 Å². The van der Waals surface area contributed by atoms with Crippen LogP contribution in [-0.2, 0) is 16.0 Å². The van der Waals surface area contributed by atoms with Gasteiger partial charge in [-0.2, -0.15) is 0 Å². The van der Waals surface area contributed by atoms with Gasteiger partial charge in [-0.25, -0.2) is 9.59 Å². The van der Waals surface area contributed by atoms with Crippen molar-refractivity contribution in [1.29, 1.82) is 0 Å². The van der Waals surface area contributed by atoms with Crippen molar-refractivity contribution in [3.63, 3.8) is 0 Å². The van der Waals surface area contributed by atoms with E-state index < -0.39 is 5.60 Å². The van der Waals surface area contributed by atoms with Gasteiger partial charge in [0.2, 0.25) is 0 Å². The number of hydrogen-bond acceptors (Lipinski definition) is 4. The molecule has 1 amide bonds. The number of nitrogens with zero attached hydrogens (tertiary/aromatic N) is 1. The van der Waals surface area contributed by atoms with E-state index in [1.807, 2.05) is 26.8 Å². The highest BCUT2D eigenvalue weighted by Crippen LogP contribution is 2.29. The standard InChI is InChI=1S/C17H23NO4/c1-11-9-18(16(20)22-17(2,3)4)10-13-8-12(15(19)21-5)6-7-14(11)13/h6-8,11H,9-10H2,1-5H3. The van der Waals surface area contributed by atoms with E-state index >= 15 is 0 Å². The van der Waals surface area contributed by atoms with Crippen LogP contribution < -0.4 is 0 Å². The van der Waals surface area contributed by atoms with Crippen molar-refractivity contribution in [1.82, 2.24) is 4.90 Å². The van der Waals surface area contributed by atoms with Gasteiger partial charge in [-0.3, -0.25) is 0 Å². The average Bonchev–Trinajstić information content (AvgIpc) is 2.43. The molecule has 0 saturated carbocycles. The zero-order chi connectivity index (χ0) is 16.5. The number of amides is 1. The molecule has 5 heteroatoms. The summed E-state index contributed by atoms with van der Waals surface area (Å²) in [6, 6.07) is 5.51. The smallest absolute Gasteiger partial charge is 0.410 e. The summed E-state index contributed by atoms with van der Waals surface area (Å²) in [7, 11) is 1.36. The summed E-state index contributed by atoms with van der Waals surface area (Å²) in [5.41, 5.74) is 2.11. The topological polar surface area (TPSA) is 55.8 Å². The Balaban J connectivity index is 2.24. The lowest BCUT2D eigenvalue weighted by molar-refractivity contribution is 0.0209. The summed E-state index contributed by atoms with van der Waals surface area (Å²) >= 11 is 0. The Morgan fingerprint density at radius 1 is 1.27 bits per heavy atom. The summed E-state index contributed by atoms with van der Waals surface area (Å²) in [6.45, 7) is 8.66. The highest BCUT2D eigenvalue weighted by Gasteiger charge is 2.29. The fourth-order valence-corrected chi connectivity index (χ4v) is 2.63. The van der Waals surface area contributed by atoms with E-state index in [0.717, 1.165) is 11.1 Å². The Morgan fingerprint density at radius 2 is 1.95 bits per heavy atom. The Hall–Kier alpha value is -2.04. The Kier molecular flexibility index (Phi) is 4.44. The lowest BCUT2D eigenvalue weighted by Gasteiger charge is -2.34. The lowest BCUT2D eigenvalue weighted by Crippen LogP contribution is -2.41. The largest absolute Gasteiger partial charge is 0.465 e. The maximum atomic E-state index is 12.3. The molecule has 22 heavy (non-hydrogen) atoms. The van der Waals surface area contributed by atoms with Gasteiger partial charge in [0, 0.05) is 13.1 Å². The highest BCUT2D eigenvalue weighted by molar-refractivity contribution is 5.89. The zero-order valence-electron chi connectivity index (χ0n) is 13.8. The molecule has 1 aromatic carbocycles. The van der Waals surface area contributed by atoms with Gasteiger partial charge in [0.15, 0.2) is 0 Å². The SMILES string of the molecule is COC(=O)c1ccc2c(c1)CN(C(=O)OC(C)(C)C)CC2C. The third-order valence-electron chi connectivity index (χ3n) is 3.60. The van der Waals surface area contributed by atoms with E-state index in [1.165, 1.54) is 7.11 Å². The van der Waals surface area contributed by atoms with Crippen molar-refractivity contribution >= 4 is 12.1 Å². The van der Waals surface area contributed by atoms with Crippen LogP contribution in [0.5, 0.6) is 0 Å². The first-order valence-corrected chi connectivity index (χ1v) is 7.40. The van der Waals surface area contributed by atoms with Gasteiger partial charge < -0.3 is 14.4 Å². The number of carbonyl (C=O) groups excluding carboxylic acids is 2. The zero-order valence-corrected chi connectivity index (χ0v) is 13.8. The molecule has 1 heterocycles. The minimum atomic E-state index is -0.519.